The second kappa shape index (κ2) is 6.58. The topological polar surface area (TPSA) is 51.1 Å². The third-order valence-corrected chi connectivity index (χ3v) is 4.00. The van der Waals surface area contributed by atoms with Gasteiger partial charge in [-0.2, -0.15) is 11.3 Å². The van der Waals surface area contributed by atoms with Gasteiger partial charge in [-0.1, -0.05) is 12.1 Å². The number of hydrogen-bond donors (Lipinski definition) is 1. The summed E-state index contributed by atoms with van der Waals surface area (Å²) < 4.78 is 14.4. The quantitative estimate of drug-likeness (QED) is 0.798. The first kappa shape index (κ1) is 15.2. The van der Waals surface area contributed by atoms with E-state index >= 15 is 0 Å². The number of rotatable bonds is 4. The van der Waals surface area contributed by atoms with Crippen LogP contribution in [0, 0.1) is 5.82 Å². The van der Waals surface area contributed by atoms with Gasteiger partial charge in [0.1, 0.15) is 11.5 Å². The molecule has 0 aliphatic carbocycles. The van der Waals surface area contributed by atoms with Gasteiger partial charge in [-0.15, -0.1) is 0 Å². The Balaban J connectivity index is 1.82. The minimum atomic E-state index is -0.321. The predicted molar refractivity (Wildman–Crippen MR) is 88.5 cm³/mol. The van der Waals surface area contributed by atoms with Crippen molar-refractivity contribution in [3.05, 3.63) is 86.7 Å². The lowest BCUT2D eigenvalue weighted by Crippen LogP contribution is -2.25. The van der Waals surface area contributed by atoms with Crippen LogP contribution in [0.1, 0.15) is 15.9 Å². The number of aromatic nitrogens is 1. The first-order valence-electron chi connectivity index (χ1n) is 6.91. The van der Waals surface area contributed by atoms with Crippen LogP contribution in [-0.2, 0) is 6.54 Å². The molecule has 0 saturated heterocycles. The van der Waals surface area contributed by atoms with Crippen LogP contribution in [0.25, 0.3) is 0 Å². The minimum Gasteiger partial charge on any atom is -0.317 e. The Morgan fingerprint density at radius 2 is 1.96 bits per heavy atom. The maximum Gasteiger partial charge on any atom is 0.274 e. The number of carbonyl (C=O) groups is 1. The van der Waals surface area contributed by atoms with Gasteiger partial charge in [-0.25, -0.2) is 4.39 Å². The van der Waals surface area contributed by atoms with Crippen molar-refractivity contribution in [1.82, 2.24) is 4.57 Å². The van der Waals surface area contributed by atoms with Crippen molar-refractivity contribution in [2.45, 2.75) is 6.54 Å². The van der Waals surface area contributed by atoms with Crippen molar-refractivity contribution in [3.8, 4) is 0 Å². The lowest BCUT2D eigenvalue weighted by molar-refractivity contribution is 0.102. The fraction of sp³-hybridized carbons (Fsp3) is 0.0588. The molecule has 0 fully saturated rings. The predicted octanol–water partition coefficient (Wildman–Crippen LogP) is 3.35. The highest BCUT2D eigenvalue weighted by atomic mass is 32.1. The summed E-state index contributed by atoms with van der Waals surface area (Å²) in [6.07, 6.45) is 1.63. The van der Waals surface area contributed by atoms with Crippen LogP contribution < -0.4 is 10.9 Å². The first-order valence-corrected chi connectivity index (χ1v) is 7.85. The van der Waals surface area contributed by atoms with Gasteiger partial charge in [0.2, 0.25) is 0 Å². The van der Waals surface area contributed by atoms with E-state index in [0.29, 0.717) is 12.1 Å². The normalized spacial score (nSPS) is 10.5. The summed E-state index contributed by atoms with van der Waals surface area (Å²) in [7, 11) is 0. The molecule has 0 atom stereocenters. The maximum atomic E-state index is 12.9. The fourth-order valence-electron chi connectivity index (χ4n) is 2.13. The molecule has 0 bridgehead atoms. The van der Waals surface area contributed by atoms with Crippen LogP contribution in [0.5, 0.6) is 0 Å². The molecule has 0 aliphatic heterocycles. The van der Waals surface area contributed by atoms with Crippen molar-refractivity contribution >= 4 is 22.9 Å². The first-order chi connectivity index (χ1) is 11.1. The van der Waals surface area contributed by atoms with Crippen molar-refractivity contribution in [2.75, 3.05) is 5.32 Å². The summed E-state index contributed by atoms with van der Waals surface area (Å²) in [4.78, 5) is 24.5. The van der Waals surface area contributed by atoms with Gasteiger partial charge in [0, 0.05) is 11.6 Å². The van der Waals surface area contributed by atoms with Crippen LogP contribution >= 0.6 is 11.3 Å². The summed E-state index contributed by atoms with van der Waals surface area (Å²) in [5, 5.41) is 6.14. The molecule has 4 nitrogen and oxygen atoms in total. The molecule has 0 radical (unpaired) electrons. The van der Waals surface area contributed by atoms with Gasteiger partial charge in [-0.3, -0.25) is 9.59 Å². The van der Waals surface area contributed by atoms with Crippen molar-refractivity contribution in [2.24, 2.45) is 0 Å². The van der Waals surface area contributed by atoms with E-state index in [1.54, 1.807) is 47.3 Å². The van der Waals surface area contributed by atoms with Gasteiger partial charge in [0.15, 0.2) is 0 Å². The Hall–Kier alpha value is -2.73. The van der Waals surface area contributed by atoms with Crippen LogP contribution in [0.3, 0.4) is 0 Å². The summed E-state index contributed by atoms with van der Waals surface area (Å²) in [5.41, 5.74) is 1.23. The van der Waals surface area contributed by atoms with Gasteiger partial charge in [0.25, 0.3) is 11.5 Å². The number of nitrogens with one attached hydrogen (secondary N) is 1. The third-order valence-electron chi connectivity index (χ3n) is 3.32. The largest absolute Gasteiger partial charge is 0.317 e. The van der Waals surface area contributed by atoms with Gasteiger partial charge in [0.05, 0.1) is 12.1 Å². The highest BCUT2D eigenvalue weighted by Gasteiger charge is 2.10. The van der Waals surface area contributed by atoms with E-state index in [0.717, 1.165) is 5.56 Å². The monoisotopic (exact) mass is 328 g/mol. The summed E-state index contributed by atoms with van der Waals surface area (Å²) in [6, 6.07) is 10.9. The Labute approximate surface area is 135 Å². The van der Waals surface area contributed by atoms with Crippen molar-refractivity contribution < 1.29 is 9.18 Å². The zero-order valence-corrected chi connectivity index (χ0v) is 12.8. The smallest absolute Gasteiger partial charge is 0.274 e. The van der Waals surface area contributed by atoms with E-state index in [9.17, 15) is 14.0 Å². The average Bonchev–Trinajstić information content (AvgIpc) is 3.08. The van der Waals surface area contributed by atoms with Gasteiger partial charge < -0.3 is 9.88 Å². The molecular formula is C17H13FN2O2S. The second-order valence-electron chi connectivity index (χ2n) is 4.95. The van der Waals surface area contributed by atoms with Crippen LogP contribution in [0.4, 0.5) is 10.1 Å². The number of amides is 1. The Morgan fingerprint density at radius 3 is 2.65 bits per heavy atom. The number of anilines is 1. The summed E-state index contributed by atoms with van der Waals surface area (Å²) in [5.74, 6) is -0.638. The van der Waals surface area contributed by atoms with Gasteiger partial charge in [-0.05, 0) is 41.3 Å². The van der Waals surface area contributed by atoms with E-state index in [1.807, 2.05) is 0 Å². The van der Waals surface area contributed by atoms with Crippen LogP contribution in [0.2, 0.25) is 0 Å². The molecule has 3 aromatic rings. The van der Waals surface area contributed by atoms with E-state index in [1.165, 1.54) is 28.0 Å². The number of carbonyl (C=O) groups excluding carboxylic acids is 1. The molecule has 0 saturated carbocycles. The Kier molecular flexibility index (Phi) is 4.34. The molecule has 1 amide bonds. The van der Waals surface area contributed by atoms with Crippen molar-refractivity contribution in [3.63, 3.8) is 0 Å². The maximum absolute atomic E-state index is 12.9. The van der Waals surface area contributed by atoms with E-state index < -0.39 is 0 Å². The van der Waals surface area contributed by atoms with Crippen LogP contribution in [0.15, 0.2) is 64.2 Å². The standard InChI is InChI=1S/C17H13FN2O2S/c18-14-5-3-12(4-6-14)10-20-8-1-2-15(17(20)22)19-16(21)13-7-9-23-11-13/h1-9,11H,10H2,(H,19,21). The number of benzene rings is 1. The molecule has 1 aromatic carbocycles. The number of pyridine rings is 1. The minimum absolute atomic E-state index is 0.214. The van der Waals surface area contributed by atoms with Gasteiger partial charge >= 0.3 is 0 Å². The SMILES string of the molecule is O=C(Nc1cccn(Cc2ccc(F)cc2)c1=O)c1ccsc1. The molecule has 0 unspecified atom stereocenters. The highest BCUT2D eigenvalue weighted by Crippen LogP contribution is 2.09. The zero-order valence-electron chi connectivity index (χ0n) is 12.0. The Morgan fingerprint density at radius 1 is 1.17 bits per heavy atom. The molecule has 0 spiro atoms. The molecule has 2 heterocycles. The number of hydrogen-bond acceptors (Lipinski definition) is 3. The molecular weight excluding hydrogens is 315 g/mol. The molecule has 1 N–H and O–H groups in total. The molecule has 116 valence electrons. The molecule has 3 rings (SSSR count). The third kappa shape index (κ3) is 3.54. The summed E-state index contributed by atoms with van der Waals surface area (Å²) >= 11 is 1.41. The van der Waals surface area contributed by atoms with Crippen LogP contribution in [-0.4, -0.2) is 10.5 Å². The lowest BCUT2D eigenvalue weighted by atomic mass is 10.2. The second-order valence-corrected chi connectivity index (χ2v) is 5.73. The fourth-order valence-corrected chi connectivity index (χ4v) is 2.77. The number of halogens is 1. The van der Waals surface area contributed by atoms with E-state index in [2.05, 4.69) is 5.32 Å². The molecule has 0 aliphatic rings. The average molecular weight is 328 g/mol. The highest BCUT2D eigenvalue weighted by molar-refractivity contribution is 7.08. The molecule has 2 aromatic heterocycles. The zero-order chi connectivity index (χ0) is 16.2. The number of thiophene rings is 1. The Bertz CT molecular complexity index is 870. The van der Waals surface area contributed by atoms with E-state index in [4.69, 9.17) is 0 Å². The molecule has 23 heavy (non-hydrogen) atoms. The van der Waals surface area contributed by atoms with E-state index in [-0.39, 0.29) is 23.0 Å². The summed E-state index contributed by atoms with van der Waals surface area (Å²) in [6.45, 7) is 0.307. The number of nitrogens with zero attached hydrogens (tertiary/aromatic N) is 1. The van der Waals surface area contributed by atoms with Crippen molar-refractivity contribution in [1.29, 1.82) is 0 Å². The molecule has 6 heteroatoms. The lowest BCUT2D eigenvalue weighted by Gasteiger charge is -2.09.